The first-order valence-corrected chi connectivity index (χ1v) is 7.67. The van der Waals surface area contributed by atoms with E-state index in [0.29, 0.717) is 0 Å². The summed E-state index contributed by atoms with van der Waals surface area (Å²) in [6, 6.07) is 6.96. The molecule has 1 aliphatic rings. The molecule has 1 fully saturated rings. The van der Waals surface area contributed by atoms with Crippen LogP contribution in [0.2, 0.25) is 0 Å². The zero-order valence-corrected chi connectivity index (χ0v) is 12.6. The second kappa shape index (κ2) is 7.15. The zero-order chi connectivity index (χ0) is 12.8. The fraction of sp³-hybridized carbons (Fsp3) is 0.600. The molecule has 3 heteroatoms. The van der Waals surface area contributed by atoms with Gasteiger partial charge in [0.15, 0.2) is 0 Å². The molecule has 0 amide bonds. The maximum Gasteiger partial charge on any atom is 0.133 e. The van der Waals surface area contributed by atoms with Gasteiger partial charge in [-0.3, -0.25) is 0 Å². The Labute approximate surface area is 118 Å². The van der Waals surface area contributed by atoms with Crippen molar-refractivity contribution in [3.8, 4) is 5.75 Å². The number of rotatable bonds is 6. The summed E-state index contributed by atoms with van der Waals surface area (Å²) >= 11 is 3.53. The van der Waals surface area contributed by atoms with Gasteiger partial charge in [-0.05, 0) is 66.4 Å². The van der Waals surface area contributed by atoms with Crippen LogP contribution in [0.1, 0.15) is 37.7 Å². The van der Waals surface area contributed by atoms with E-state index in [1.54, 1.807) is 0 Å². The second-order valence-corrected chi connectivity index (χ2v) is 5.93. The van der Waals surface area contributed by atoms with E-state index in [4.69, 9.17) is 4.74 Å². The lowest BCUT2D eigenvalue weighted by molar-refractivity contribution is 0.303. The molecule has 18 heavy (non-hydrogen) atoms. The molecule has 0 bridgehead atoms. The molecule has 1 aromatic carbocycles. The van der Waals surface area contributed by atoms with Crippen LogP contribution in [0.5, 0.6) is 5.75 Å². The molecule has 2 nitrogen and oxygen atoms in total. The molecule has 100 valence electrons. The highest BCUT2D eigenvalue weighted by Gasteiger charge is 2.13. The summed E-state index contributed by atoms with van der Waals surface area (Å²) in [5, 5.41) is 3.60. The van der Waals surface area contributed by atoms with Crippen LogP contribution in [-0.2, 0) is 0 Å². The predicted octanol–water partition coefficient (Wildman–Crippen LogP) is 4.06. The van der Waals surface area contributed by atoms with Crippen molar-refractivity contribution in [2.24, 2.45) is 0 Å². The smallest absolute Gasteiger partial charge is 0.133 e. The molecule has 0 atom stereocenters. The number of ether oxygens (including phenoxy) is 1. The molecule has 1 saturated carbocycles. The van der Waals surface area contributed by atoms with E-state index in [1.165, 1.54) is 31.2 Å². The Kier molecular flexibility index (Phi) is 5.51. The minimum absolute atomic E-state index is 0.760. The molecule has 1 aliphatic carbocycles. The first-order valence-electron chi connectivity index (χ1n) is 6.88. The topological polar surface area (TPSA) is 21.3 Å². The Bertz CT molecular complexity index is 375. The van der Waals surface area contributed by atoms with Crippen LogP contribution in [0.25, 0.3) is 0 Å². The van der Waals surface area contributed by atoms with Crippen LogP contribution in [0.4, 0.5) is 0 Å². The Morgan fingerprint density at radius 1 is 1.33 bits per heavy atom. The van der Waals surface area contributed by atoms with Crippen LogP contribution in [0, 0.1) is 6.92 Å². The zero-order valence-electron chi connectivity index (χ0n) is 11.0. The summed E-state index contributed by atoms with van der Waals surface area (Å²) < 4.78 is 6.82. The third kappa shape index (κ3) is 4.29. The summed E-state index contributed by atoms with van der Waals surface area (Å²) in [5.41, 5.74) is 1.25. The average Bonchev–Trinajstić information content (AvgIpc) is 2.84. The van der Waals surface area contributed by atoms with Gasteiger partial charge in [0.05, 0.1) is 11.1 Å². The molecule has 2 rings (SSSR count). The van der Waals surface area contributed by atoms with Crippen molar-refractivity contribution in [2.75, 3.05) is 13.2 Å². The lowest BCUT2D eigenvalue weighted by Crippen LogP contribution is -2.27. The molecule has 0 unspecified atom stereocenters. The Morgan fingerprint density at radius 2 is 2.11 bits per heavy atom. The Hall–Kier alpha value is -0.540. The number of hydrogen-bond acceptors (Lipinski definition) is 2. The van der Waals surface area contributed by atoms with E-state index in [-0.39, 0.29) is 0 Å². The van der Waals surface area contributed by atoms with Gasteiger partial charge in [0.1, 0.15) is 5.75 Å². The van der Waals surface area contributed by atoms with E-state index < -0.39 is 0 Å². The molecule has 0 heterocycles. The Morgan fingerprint density at radius 3 is 2.83 bits per heavy atom. The van der Waals surface area contributed by atoms with Gasteiger partial charge in [-0.15, -0.1) is 0 Å². The van der Waals surface area contributed by atoms with Crippen LogP contribution in [0.3, 0.4) is 0 Å². The number of aryl methyl sites for hydroxylation is 1. The van der Waals surface area contributed by atoms with Crippen LogP contribution in [0.15, 0.2) is 22.7 Å². The van der Waals surface area contributed by atoms with Crippen molar-refractivity contribution in [2.45, 2.75) is 45.1 Å². The minimum atomic E-state index is 0.760. The molecule has 0 aromatic heterocycles. The SMILES string of the molecule is Cc1ccc(OCCCNC2CCCC2)c(Br)c1. The first-order chi connectivity index (χ1) is 8.75. The van der Waals surface area contributed by atoms with Gasteiger partial charge < -0.3 is 10.1 Å². The van der Waals surface area contributed by atoms with Crippen LogP contribution in [-0.4, -0.2) is 19.2 Å². The predicted molar refractivity (Wildman–Crippen MR) is 79.2 cm³/mol. The van der Waals surface area contributed by atoms with Crippen molar-refractivity contribution in [1.82, 2.24) is 5.32 Å². The average molecular weight is 312 g/mol. The third-order valence-electron chi connectivity index (χ3n) is 3.45. The molecular weight excluding hydrogens is 290 g/mol. The second-order valence-electron chi connectivity index (χ2n) is 5.07. The maximum absolute atomic E-state index is 5.77. The van der Waals surface area contributed by atoms with Crippen molar-refractivity contribution >= 4 is 15.9 Å². The lowest BCUT2D eigenvalue weighted by Gasteiger charge is -2.12. The van der Waals surface area contributed by atoms with E-state index in [1.807, 2.05) is 6.07 Å². The molecular formula is C15H22BrNO. The fourth-order valence-electron chi connectivity index (χ4n) is 2.41. The van der Waals surface area contributed by atoms with Gasteiger partial charge in [-0.2, -0.15) is 0 Å². The highest BCUT2D eigenvalue weighted by molar-refractivity contribution is 9.10. The Balaban J connectivity index is 1.62. The first kappa shape index (κ1) is 13.9. The maximum atomic E-state index is 5.77. The number of benzene rings is 1. The number of nitrogens with one attached hydrogen (secondary N) is 1. The van der Waals surface area contributed by atoms with Gasteiger partial charge in [-0.25, -0.2) is 0 Å². The molecule has 0 spiro atoms. The standard InChI is InChI=1S/C15H22BrNO/c1-12-7-8-15(14(16)11-12)18-10-4-9-17-13-5-2-3-6-13/h7-8,11,13,17H,2-6,9-10H2,1H3. The van der Waals surface area contributed by atoms with Crippen molar-refractivity contribution in [3.05, 3.63) is 28.2 Å². The normalized spacial score (nSPS) is 16.1. The summed E-state index contributed by atoms with van der Waals surface area (Å²) in [6.45, 7) is 3.93. The van der Waals surface area contributed by atoms with Crippen molar-refractivity contribution in [1.29, 1.82) is 0 Å². The van der Waals surface area contributed by atoms with E-state index >= 15 is 0 Å². The summed E-state index contributed by atoms with van der Waals surface area (Å²) in [6.07, 6.45) is 6.56. The van der Waals surface area contributed by atoms with Crippen LogP contribution < -0.4 is 10.1 Å². The number of hydrogen-bond donors (Lipinski definition) is 1. The summed E-state index contributed by atoms with van der Waals surface area (Å²) in [4.78, 5) is 0. The van der Waals surface area contributed by atoms with Gasteiger partial charge in [0.25, 0.3) is 0 Å². The quantitative estimate of drug-likeness (QED) is 0.800. The minimum Gasteiger partial charge on any atom is -0.492 e. The van der Waals surface area contributed by atoms with Crippen molar-refractivity contribution < 1.29 is 4.74 Å². The van der Waals surface area contributed by atoms with Crippen LogP contribution >= 0.6 is 15.9 Å². The largest absolute Gasteiger partial charge is 0.492 e. The van der Waals surface area contributed by atoms with Gasteiger partial charge in [0, 0.05) is 6.04 Å². The molecule has 0 radical (unpaired) electrons. The van der Waals surface area contributed by atoms with Gasteiger partial charge >= 0.3 is 0 Å². The van der Waals surface area contributed by atoms with E-state index in [0.717, 1.165) is 35.8 Å². The summed E-state index contributed by atoms with van der Waals surface area (Å²) in [7, 11) is 0. The fourth-order valence-corrected chi connectivity index (χ4v) is 3.02. The molecule has 0 aliphatic heterocycles. The highest BCUT2D eigenvalue weighted by atomic mass is 79.9. The molecule has 1 N–H and O–H groups in total. The molecule has 0 saturated heterocycles. The van der Waals surface area contributed by atoms with Gasteiger partial charge in [-0.1, -0.05) is 18.9 Å². The van der Waals surface area contributed by atoms with E-state index in [9.17, 15) is 0 Å². The molecule has 1 aromatic rings. The highest BCUT2D eigenvalue weighted by Crippen LogP contribution is 2.25. The summed E-state index contributed by atoms with van der Waals surface area (Å²) in [5.74, 6) is 0.946. The number of halogens is 1. The van der Waals surface area contributed by atoms with Gasteiger partial charge in [0.2, 0.25) is 0 Å². The third-order valence-corrected chi connectivity index (χ3v) is 4.07. The lowest BCUT2D eigenvalue weighted by atomic mass is 10.2. The van der Waals surface area contributed by atoms with E-state index in [2.05, 4.69) is 40.3 Å². The van der Waals surface area contributed by atoms with Crippen molar-refractivity contribution in [3.63, 3.8) is 0 Å². The monoisotopic (exact) mass is 311 g/mol.